The van der Waals surface area contributed by atoms with E-state index in [1.54, 1.807) is 7.11 Å². The van der Waals surface area contributed by atoms with E-state index in [2.05, 4.69) is 20.5 Å². The van der Waals surface area contributed by atoms with Crippen molar-refractivity contribution in [2.45, 2.75) is 6.54 Å². The van der Waals surface area contributed by atoms with E-state index in [1.165, 1.54) is 6.33 Å². The van der Waals surface area contributed by atoms with Crippen LogP contribution in [-0.2, 0) is 6.54 Å². The van der Waals surface area contributed by atoms with Crippen LogP contribution in [0.1, 0.15) is 5.56 Å². The highest BCUT2D eigenvalue weighted by molar-refractivity contribution is 5.43. The minimum Gasteiger partial charge on any atom is -0.493 e. The molecule has 1 aromatic carbocycles. The highest BCUT2D eigenvalue weighted by atomic mass is 16.5. The Kier molecular flexibility index (Phi) is 4.57. The molecule has 0 saturated carbocycles. The molecule has 0 aliphatic heterocycles. The zero-order chi connectivity index (χ0) is 13.5. The fraction of sp³-hybridized carbons (Fsp3) is 0.333. The second kappa shape index (κ2) is 6.60. The Morgan fingerprint density at radius 1 is 1.37 bits per heavy atom. The molecule has 2 aromatic rings. The van der Waals surface area contributed by atoms with Gasteiger partial charge in [-0.05, 0) is 17.7 Å². The summed E-state index contributed by atoms with van der Waals surface area (Å²) in [6.45, 7) is 0.801. The average Bonchev–Trinajstić information content (AvgIpc) is 2.96. The summed E-state index contributed by atoms with van der Waals surface area (Å²) < 4.78 is 10.6. The Bertz CT molecular complexity index is 502. The van der Waals surface area contributed by atoms with E-state index in [1.807, 2.05) is 18.2 Å². The maximum Gasteiger partial charge on any atom is 0.218 e. The van der Waals surface area contributed by atoms with Gasteiger partial charge in [0.05, 0.1) is 13.7 Å². The summed E-state index contributed by atoms with van der Waals surface area (Å²) in [5, 5.41) is 18.3. The molecule has 0 amide bonds. The Morgan fingerprint density at radius 2 is 2.26 bits per heavy atom. The predicted octanol–water partition coefficient (Wildman–Crippen LogP) is 0.796. The highest BCUT2D eigenvalue weighted by Crippen LogP contribution is 2.28. The number of benzene rings is 1. The van der Waals surface area contributed by atoms with Crippen molar-refractivity contribution in [2.75, 3.05) is 25.6 Å². The summed E-state index contributed by atoms with van der Waals surface area (Å²) in [6, 6.07) is 5.60. The Morgan fingerprint density at radius 3 is 2.95 bits per heavy atom. The van der Waals surface area contributed by atoms with Crippen LogP contribution in [0.25, 0.3) is 0 Å². The Balaban J connectivity index is 2.01. The molecule has 0 aliphatic carbocycles. The van der Waals surface area contributed by atoms with Crippen LogP contribution in [0.2, 0.25) is 0 Å². The van der Waals surface area contributed by atoms with E-state index < -0.39 is 0 Å². The first kappa shape index (κ1) is 13.2. The molecule has 0 saturated heterocycles. The fourth-order valence-corrected chi connectivity index (χ4v) is 1.57. The molecule has 0 radical (unpaired) electrons. The van der Waals surface area contributed by atoms with Crippen LogP contribution in [0.3, 0.4) is 0 Å². The summed E-state index contributed by atoms with van der Waals surface area (Å²) >= 11 is 0. The second-order valence-corrected chi connectivity index (χ2v) is 3.74. The molecule has 102 valence electrons. The van der Waals surface area contributed by atoms with E-state index >= 15 is 0 Å². The molecule has 7 nitrogen and oxygen atoms in total. The van der Waals surface area contributed by atoms with Crippen LogP contribution < -0.4 is 14.8 Å². The number of hydrogen-bond donors (Lipinski definition) is 3. The monoisotopic (exact) mass is 264 g/mol. The van der Waals surface area contributed by atoms with Crippen molar-refractivity contribution in [2.24, 2.45) is 0 Å². The summed E-state index contributed by atoms with van der Waals surface area (Å²) in [5.41, 5.74) is 1.02. The molecule has 0 bridgehead atoms. The van der Waals surface area contributed by atoms with E-state index in [0.29, 0.717) is 24.0 Å². The van der Waals surface area contributed by atoms with Crippen molar-refractivity contribution in [1.82, 2.24) is 15.2 Å². The van der Waals surface area contributed by atoms with E-state index in [-0.39, 0.29) is 13.2 Å². The van der Waals surface area contributed by atoms with E-state index in [4.69, 9.17) is 14.6 Å². The molecule has 0 spiro atoms. The second-order valence-electron chi connectivity index (χ2n) is 3.74. The number of nitrogens with one attached hydrogen (secondary N) is 2. The molecule has 19 heavy (non-hydrogen) atoms. The number of methoxy groups -OCH3 is 1. The fourth-order valence-electron chi connectivity index (χ4n) is 1.57. The van der Waals surface area contributed by atoms with Gasteiger partial charge in [0.1, 0.15) is 12.9 Å². The third-order valence-corrected chi connectivity index (χ3v) is 2.45. The van der Waals surface area contributed by atoms with Gasteiger partial charge >= 0.3 is 0 Å². The summed E-state index contributed by atoms with van der Waals surface area (Å²) in [5.74, 6) is 1.85. The lowest BCUT2D eigenvalue weighted by atomic mass is 10.2. The minimum absolute atomic E-state index is 0.0298. The van der Waals surface area contributed by atoms with Crippen LogP contribution in [0.5, 0.6) is 11.5 Å². The highest BCUT2D eigenvalue weighted by Gasteiger charge is 2.06. The molecular formula is C12H16N4O3. The molecule has 0 atom stereocenters. The van der Waals surface area contributed by atoms with Crippen LogP contribution >= 0.6 is 0 Å². The number of aromatic amines is 1. The van der Waals surface area contributed by atoms with Crippen molar-refractivity contribution in [3.8, 4) is 11.5 Å². The maximum atomic E-state index is 8.74. The smallest absolute Gasteiger partial charge is 0.218 e. The van der Waals surface area contributed by atoms with Crippen molar-refractivity contribution in [1.29, 1.82) is 0 Å². The van der Waals surface area contributed by atoms with Crippen LogP contribution in [0.15, 0.2) is 24.5 Å². The zero-order valence-electron chi connectivity index (χ0n) is 10.6. The van der Waals surface area contributed by atoms with Crippen molar-refractivity contribution < 1.29 is 14.6 Å². The first-order valence-electron chi connectivity index (χ1n) is 5.83. The third kappa shape index (κ3) is 3.59. The first-order valence-corrected chi connectivity index (χ1v) is 5.83. The van der Waals surface area contributed by atoms with Gasteiger partial charge in [0.15, 0.2) is 11.5 Å². The standard InChI is InChI=1S/C12H16N4O3/c1-18-11-6-9(2-3-10(11)19-5-4-17)7-13-12-14-8-15-16-12/h2-3,6,8,17H,4-5,7H2,1H3,(H2,13,14,15,16). The number of aromatic nitrogens is 3. The zero-order valence-corrected chi connectivity index (χ0v) is 10.6. The van der Waals surface area contributed by atoms with Crippen LogP contribution in [0.4, 0.5) is 5.95 Å². The normalized spacial score (nSPS) is 10.2. The molecule has 1 aromatic heterocycles. The number of aliphatic hydroxyl groups is 1. The predicted molar refractivity (Wildman–Crippen MR) is 69.3 cm³/mol. The first-order chi connectivity index (χ1) is 9.33. The SMILES string of the molecule is COc1cc(CNc2ncn[nH]2)ccc1OCCO. The van der Waals surface area contributed by atoms with Crippen LogP contribution in [-0.4, -0.2) is 40.6 Å². The summed E-state index contributed by atoms with van der Waals surface area (Å²) in [4.78, 5) is 3.97. The molecule has 0 unspecified atom stereocenters. The van der Waals surface area contributed by atoms with Crippen LogP contribution in [0, 0.1) is 0 Å². The quantitative estimate of drug-likeness (QED) is 0.685. The lowest BCUT2D eigenvalue weighted by Crippen LogP contribution is -2.05. The molecule has 0 fully saturated rings. The Hall–Kier alpha value is -2.28. The molecule has 0 aliphatic rings. The topological polar surface area (TPSA) is 92.3 Å². The molecular weight excluding hydrogens is 248 g/mol. The lowest BCUT2D eigenvalue weighted by Gasteiger charge is -2.11. The third-order valence-electron chi connectivity index (χ3n) is 2.45. The van der Waals surface area contributed by atoms with E-state index in [9.17, 15) is 0 Å². The van der Waals surface area contributed by atoms with Gasteiger partial charge in [-0.25, -0.2) is 10.1 Å². The number of ether oxygens (including phenoxy) is 2. The number of H-pyrrole nitrogens is 1. The van der Waals surface area contributed by atoms with Crippen molar-refractivity contribution in [3.63, 3.8) is 0 Å². The van der Waals surface area contributed by atoms with Gasteiger partial charge in [-0.2, -0.15) is 5.10 Å². The number of hydrogen-bond acceptors (Lipinski definition) is 6. The number of nitrogens with zero attached hydrogens (tertiary/aromatic N) is 2. The minimum atomic E-state index is -0.0298. The summed E-state index contributed by atoms with van der Waals surface area (Å²) in [7, 11) is 1.58. The van der Waals surface area contributed by atoms with E-state index in [0.717, 1.165) is 5.56 Å². The largest absolute Gasteiger partial charge is 0.493 e. The average molecular weight is 264 g/mol. The molecule has 3 N–H and O–H groups in total. The van der Waals surface area contributed by atoms with Gasteiger partial charge in [-0.15, -0.1) is 0 Å². The van der Waals surface area contributed by atoms with Gasteiger partial charge in [0, 0.05) is 6.54 Å². The number of anilines is 1. The van der Waals surface area contributed by atoms with Gasteiger partial charge in [0.2, 0.25) is 5.95 Å². The number of aliphatic hydroxyl groups excluding tert-OH is 1. The number of rotatable bonds is 7. The van der Waals surface area contributed by atoms with Gasteiger partial charge in [0.25, 0.3) is 0 Å². The Labute approximate surface area is 110 Å². The maximum absolute atomic E-state index is 8.74. The molecule has 1 heterocycles. The van der Waals surface area contributed by atoms with Gasteiger partial charge < -0.3 is 19.9 Å². The van der Waals surface area contributed by atoms with Crippen molar-refractivity contribution >= 4 is 5.95 Å². The van der Waals surface area contributed by atoms with Crippen molar-refractivity contribution in [3.05, 3.63) is 30.1 Å². The lowest BCUT2D eigenvalue weighted by molar-refractivity contribution is 0.196. The van der Waals surface area contributed by atoms with Gasteiger partial charge in [-0.1, -0.05) is 6.07 Å². The summed E-state index contributed by atoms with van der Waals surface area (Å²) in [6.07, 6.45) is 1.44. The molecule has 7 heteroatoms. The molecule has 2 rings (SSSR count). The van der Waals surface area contributed by atoms with Gasteiger partial charge in [-0.3, -0.25) is 0 Å².